The molecule has 68 valence electrons. The van der Waals surface area contributed by atoms with Crippen LogP contribution in [0.1, 0.15) is 16.3 Å². The molecular weight excluding hydrogens is 263 g/mol. The van der Waals surface area contributed by atoms with E-state index in [-0.39, 0.29) is 4.95 Å². The van der Waals surface area contributed by atoms with Gasteiger partial charge in [-0.3, -0.25) is 4.68 Å². The van der Waals surface area contributed by atoms with Crippen LogP contribution in [0.3, 0.4) is 0 Å². The van der Waals surface area contributed by atoms with Crippen LogP contribution < -0.4 is 0 Å². The van der Waals surface area contributed by atoms with Gasteiger partial charge in [-0.25, -0.2) is 0 Å². The molecule has 1 aromatic rings. The summed E-state index contributed by atoms with van der Waals surface area (Å²) in [6, 6.07) is 0. The van der Waals surface area contributed by atoms with E-state index < -0.39 is 0 Å². The predicted molar refractivity (Wildman–Crippen MR) is 55.4 cm³/mol. The summed E-state index contributed by atoms with van der Waals surface area (Å²) >= 11 is 15.0. The van der Waals surface area contributed by atoms with Crippen LogP contribution in [-0.2, 0) is 0 Å². The van der Waals surface area contributed by atoms with Crippen molar-refractivity contribution in [3.8, 4) is 0 Å². The van der Waals surface area contributed by atoms with E-state index in [2.05, 4.69) is 21.0 Å². The van der Waals surface area contributed by atoms with Crippen LogP contribution in [-0.4, -0.2) is 15.7 Å². The third kappa shape index (κ3) is 1.78. The molecule has 1 heterocycles. The van der Waals surface area contributed by atoms with Crippen LogP contribution in [0.5, 0.6) is 0 Å². The van der Waals surface area contributed by atoms with Gasteiger partial charge >= 0.3 is 0 Å². The Morgan fingerprint density at radius 2 is 2.17 bits per heavy atom. The van der Waals surface area contributed by atoms with E-state index in [0.717, 1.165) is 11.4 Å². The highest BCUT2D eigenvalue weighted by molar-refractivity contribution is 9.09. The van der Waals surface area contributed by atoms with Gasteiger partial charge < -0.3 is 0 Å². The van der Waals surface area contributed by atoms with Crippen molar-refractivity contribution in [3.63, 3.8) is 0 Å². The van der Waals surface area contributed by atoms with Crippen LogP contribution in [0.15, 0.2) is 0 Å². The predicted octanol–water partition coefficient (Wildman–Crippen LogP) is 3.29. The minimum Gasteiger partial charge on any atom is -0.253 e. The Morgan fingerprint density at radius 1 is 1.58 bits per heavy atom. The number of alkyl halides is 2. The Kier molecular flexibility index (Phi) is 3.44. The molecule has 0 spiro atoms. The zero-order valence-corrected chi connectivity index (χ0v) is 9.91. The lowest BCUT2D eigenvalue weighted by Crippen LogP contribution is -2.07. The molecule has 0 fully saturated rings. The minimum absolute atomic E-state index is 0.0189. The highest BCUT2D eigenvalue weighted by atomic mass is 79.9. The lowest BCUT2D eigenvalue weighted by Gasteiger charge is -2.07. The third-order valence-corrected chi connectivity index (χ3v) is 3.55. The van der Waals surface area contributed by atoms with Crippen LogP contribution >= 0.6 is 39.1 Å². The molecule has 1 unspecified atom stereocenters. The molecule has 0 radical (unpaired) electrons. The number of aromatic nitrogens is 2. The Bertz CT molecular complexity index is 285. The number of nitrogens with zero attached hydrogens (tertiary/aromatic N) is 2. The fourth-order valence-electron chi connectivity index (χ4n) is 0.981. The van der Waals surface area contributed by atoms with Crippen LogP contribution in [0.25, 0.3) is 0 Å². The molecule has 0 aromatic carbocycles. The normalized spacial score (nSPS) is 13.4. The third-order valence-electron chi connectivity index (χ3n) is 1.63. The van der Waals surface area contributed by atoms with Gasteiger partial charge in [0, 0.05) is 0 Å². The first-order valence-electron chi connectivity index (χ1n) is 3.49. The zero-order chi connectivity index (χ0) is 9.30. The van der Waals surface area contributed by atoms with Crippen molar-refractivity contribution in [3.05, 3.63) is 16.4 Å². The first-order chi connectivity index (χ1) is 5.57. The topological polar surface area (TPSA) is 17.8 Å². The fourth-order valence-corrected chi connectivity index (χ4v) is 1.63. The van der Waals surface area contributed by atoms with Crippen molar-refractivity contribution in [2.24, 2.45) is 0 Å². The lowest BCUT2D eigenvalue weighted by atomic mass is 10.4. The van der Waals surface area contributed by atoms with E-state index in [0.29, 0.717) is 10.9 Å². The molecule has 12 heavy (non-hydrogen) atoms. The Hall–Kier alpha value is 0.270. The molecule has 0 aliphatic carbocycles. The van der Waals surface area contributed by atoms with Crippen molar-refractivity contribution in [1.29, 1.82) is 0 Å². The van der Waals surface area contributed by atoms with Gasteiger partial charge in [0.05, 0.1) is 22.3 Å². The molecule has 1 aromatic heterocycles. The minimum atomic E-state index is 0.0189. The smallest absolute Gasteiger partial charge is 0.120 e. The summed E-state index contributed by atoms with van der Waals surface area (Å²) in [7, 11) is 0. The molecule has 0 amide bonds. The number of hydrogen-bond acceptors (Lipinski definition) is 1. The molecule has 5 heteroatoms. The lowest BCUT2D eigenvalue weighted by molar-refractivity contribution is 0.632. The molecular formula is C7H9BrCl2N2. The van der Waals surface area contributed by atoms with Gasteiger partial charge in [0.15, 0.2) is 0 Å². The highest BCUT2D eigenvalue weighted by Crippen LogP contribution is 2.25. The molecule has 1 rings (SSSR count). The largest absolute Gasteiger partial charge is 0.253 e. The highest BCUT2D eigenvalue weighted by Gasteiger charge is 2.13. The molecule has 2 nitrogen and oxygen atoms in total. The SMILES string of the molecule is Cc1nn(C(Br)CCl)c(C)c1Cl. The first kappa shape index (κ1) is 10.4. The number of hydrogen-bond donors (Lipinski definition) is 0. The van der Waals surface area contributed by atoms with Gasteiger partial charge in [0.1, 0.15) is 4.95 Å². The summed E-state index contributed by atoms with van der Waals surface area (Å²) in [6.45, 7) is 3.79. The number of rotatable bonds is 2. The summed E-state index contributed by atoms with van der Waals surface area (Å²) in [5, 5.41) is 4.95. The van der Waals surface area contributed by atoms with E-state index in [9.17, 15) is 0 Å². The maximum absolute atomic E-state index is 5.95. The van der Waals surface area contributed by atoms with Gasteiger partial charge in [0.2, 0.25) is 0 Å². The van der Waals surface area contributed by atoms with Crippen LogP contribution in [0.2, 0.25) is 5.02 Å². The second-order valence-corrected chi connectivity index (χ2v) is 4.26. The van der Waals surface area contributed by atoms with Crippen molar-refractivity contribution in [2.75, 3.05) is 5.88 Å². The molecule has 1 atom stereocenters. The summed E-state index contributed by atoms with van der Waals surface area (Å²) in [4.78, 5) is 0.0189. The second kappa shape index (κ2) is 3.99. The average molecular weight is 272 g/mol. The van der Waals surface area contributed by atoms with E-state index in [4.69, 9.17) is 23.2 Å². The summed E-state index contributed by atoms with van der Waals surface area (Å²) in [6.07, 6.45) is 0. The molecule has 0 N–H and O–H groups in total. The summed E-state index contributed by atoms with van der Waals surface area (Å²) < 4.78 is 1.78. The van der Waals surface area contributed by atoms with Crippen molar-refractivity contribution >= 4 is 39.1 Å². The number of aryl methyl sites for hydroxylation is 1. The quantitative estimate of drug-likeness (QED) is 0.755. The van der Waals surface area contributed by atoms with E-state index in [1.54, 1.807) is 4.68 Å². The summed E-state index contributed by atoms with van der Waals surface area (Å²) in [5.74, 6) is 0.471. The second-order valence-electron chi connectivity index (χ2n) is 2.52. The van der Waals surface area contributed by atoms with E-state index in [1.165, 1.54) is 0 Å². The van der Waals surface area contributed by atoms with Gasteiger partial charge in [-0.05, 0) is 13.8 Å². The summed E-state index contributed by atoms with van der Waals surface area (Å²) in [5.41, 5.74) is 1.78. The van der Waals surface area contributed by atoms with Crippen LogP contribution in [0, 0.1) is 13.8 Å². The van der Waals surface area contributed by atoms with E-state index >= 15 is 0 Å². The average Bonchev–Trinajstić information content (AvgIpc) is 2.32. The molecule has 0 saturated heterocycles. The molecule has 0 aliphatic heterocycles. The molecule has 0 saturated carbocycles. The van der Waals surface area contributed by atoms with Crippen molar-refractivity contribution in [1.82, 2.24) is 9.78 Å². The van der Waals surface area contributed by atoms with Crippen LogP contribution in [0.4, 0.5) is 0 Å². The Balaban J connectivity index is 3.08. The van der Waals surface area contributed by atoms with Gasteiger partial charge in [0.25, 0.3) is 0 Å². The Morgan fingerprint density at radius 3 is 2.50 bits per heavy atom. The van der Waals surface area contributed by atoms with Gasteiger partial charge in [-0.2, -0.15) is 5.10 Å². The van der Waals surface area contributed by atoms with Crippen molar-refractivity contribution in [2.45, 2.75) is 18.8 Å². The van der Waals surface area contributed by atoms with Gasteiger partial charge in [-0.15, -0.1) is 11.6 Å². The monoisotopic (exact) mass is 270 g/mol. The molecule has 0 bridgehead atoms. The Labute approximate surface area is 90.0 Å². The van der Waals surface area contributed by atoms with E-state index in [1.807, 2.05) is 13.8 Å². The zero-order valence-electron chi connectivity index (χ0n) is 6.81. The van der Waals surface area contributed by atoms with Crippen molar-refractivity contribution < 1.29 is 0 Å². The first-order valence-corrected chi connectivity index (χ1v) is 5.32. The standard InChI is InChI=1S/C7H9BrCl2N2/c1-4-7(10)5(2)12(11-4)6(8)3-9/h6H,3H2,1-2H3. The fraction of sp³-hybridized carbons (Fsp3) is 0.571. The molecule has 0 aliphatic rings. The maximum Gasteiger partial charge on any atom is 0.120 e. The van der Waals surface area contributed by atoms with Gasteiger partial charge in [-0.1, -0.05) is 27.5 Å². The maximum atomic E-state index is 5.95. The number of halogens is 3.